The summed E-state index contributed by atoms with van der Waals surface area (Å²) in [5.41, 5.74) is -1.39. The largest absolute Gasteiger partial charge is 0.454 e. The predicted octanol–water partition coefficient (Wildman–Crippen LogP) is 3.40. The quantitative estimate of drug-likeness (QED) is 0.874. The Bertz CT molecular complexity index is 722. The molecule has 2 aromatic rings. The summed E-state index contributed by atoms with van der Waals surface area (Å²) in [5, 5.41) is 2.06. The molecular weight excluding hydrogens is 315 g/mol. The van der Waals surface area contributed by atoms with Gasteiger partial charge in [-0.3, -0.25) is 4.79 Å². The third-order valence-corrected chi connectivity index (χ3v) is 2.78. The fourth-order valence-corrected chi connectivity index (χ4v) is 1.77. The smallest absolute Gasteiger partial charge is 0.418 e. The summed E-state index contributed by atoms with van der Waals surface area (Å²) in [6, 6.07) is 7.41. The van der Waals surface area contributed by atoms with Crippen LogP contribution in [0.2, 0.25) is 0 Å². The zero-order chi connectivity index (χ0) is 17.0. The van der Waals surface area contributed by atoms with E-state index in [4.69, 9.17) is 4.42 Å². The van der Waals surface area contributed by atoms with Gasteiger partial charge in [0.1, 0.15) is 5.76 Å². The molecule has 1 heterocycles. The highest BCUT2D eigenvalue weighted by molar-refractivity contribution is 5.95. The van der Waals surface area contributed by atoms with Crippen molar-refractivity contribution >= 4 is 17.6 Å². The van der Waals surface area contributed by atoms with Crippen molar-refractivity contribution in [3.05, 3.63) is 53.5 Å². The molecule has 0 aliphatic heterocycles. The van der Waals surface area contributed by atoms with Crippen LogP contribution in [0.4, 0.5) is 18.9 Å². The van der Waals surface area contributed by atoms with Crippen LogP contribution in [0.25, 0.3) is 0 Å². The van der Waals surface area contributed by atoms with E-state index >= 15 is 0 Å². The molecule has 23 heavy (non-hydrogen) atoms. The number of hydrogen-bond acceptors (Lipinski definition) is 4. The van der Waals surface area contributed by atoms with E-state index in [-0.39, 0.29) is 5.76 Å². The second-order valence-electron chi connectivity index (χ2n) is 4.58. The number of ether oxygens (including phenoxy) is 1. The zero-order valence-corrected chi connectivity index (χ0v) is 11.9. The molecule has 1 N–H and O–H groups in total. The number of aryl methyl sites for hydroxylation is 1. The van der Waals surface area contributed by atoms with Crippen LogP contribution in [0, 0.1) is 6.92 Å². The molecule has 5 nitrogen and oxygen atoms in total. The molecule has 0 bridgehead atoms. The maximum atomic E-state index is 12.8. The average Bonchev–Trinajstić information content (AvgIpc) is 2.91. The lowest BCUT2D eigenvalue weighted by Crippen LogP contribution is -2.22. The number of nitrogens with one attached hydrogen (secondary N) is 1. The number of furan rings is 1. The highest BCUT2D eigenvalue weighted by Gasteiger charge is 2.33. The van der Waals surface area contributed by atoms with Gasteiger partial charge in [0.15, 0.2) is 6.61 Å². The maximum absolute atomic E-state index is 12.8. The minimum Gasteiger partial charge on any atom is -0.454 e. The van der Waals surface area contributed by atoms with Crippen molar-refractivity contribution < 1.29 is 31.9 Å². The van der Waals surface area contributed by atoms with Crippen LogP contribution in [0.1, 0.15) is 21.9 Å². The molecule has 0 saturated heterocycles. The Labute approximate surface area is 129 Å². The number of esters is 1. The summed E-state index contributed by atoms with van der Waals surface area (Å²) in [5.74, 6) is -1.37. The first-order valence-corrected chi connectivity index (χ1v) is 6.47. The number of rotatable bonds is 4. The highest BCUT2D eigenvalue weighted by atomic mass is 19.4. The number of alkyl halides is 3. The zero-order valence-electron chi connectivity index (χ0n) is 11.9. The molecule has 1 aromatic carbocycles. The second-order valence-corrected chi connectivity index (χ2v) is 4.58. The Hall–Kier alpha value is -2.77. The third kappa shape index (κ3) is 4.35. The van der Waals surface area contributed by atoms with Gasteiger partial charge in [0.2, 0.25) is 5.76 Å². The molecule has 0 aliphatic carbocycles. The predicted molar refractivity (Wildman–Crippen MR) is 73.8 cm³/mol. The Morgan fingerprint density at radius 1 is 1.17 bits per heavy atom. The molecule has 0 unspecified atom stereocenters. The van der Waals surface area contributed by atoms with E-state index in [9.17, 15) is 22.8 Å². The third-order valence-electron chi connectivity index (χ3n) is 2.78. The second kappa shape index (κ2) is 6.55. The van der Waals surface area contributed by atoms with Gasteiger partial charge in [0.05, 0.1) is 11.3 Å². The van der Waals surface area contributed by atoms with E-state index in [2.05, 4.69) is 10.1 Å². The van der Waals surface area contributed by atoms with E-state index in [1.54, 1.807) is 6.92 Å². The normalized spacial score (nSPS) is 11.1. The lowest BCUT2D eigenvalue weighted by molar-refractivity contribution is -0.137. The number of anilines is 1. The molecule has 122 valence electrons. The van der Waals surface area contributed by atoms with Crippen molar-refractivity contribution in [3.8, 4) is 0 Å². The van der Waals surface area contributed by atoms with Crippen LogP contribution >= 0.6 is 0 Å². The van der Waals surface area contributed by atoms with Crippen LogP contribution in [0.3, 0.4) is 0 Å². The van der Waals surface area contributed by atoms with E-state index in [0.717, 1.165) is 12.1 Å². The van der Waals surface area contributed by atoms with Crippen molar-refractivity contribution in [1.82, 2.24) is 0 Å². The molecule has 0 spiro atoms. The van der Waals surface area contributed by atoms with Gasteiger partial charge in [-0.2, -0.15) is 13.2 Å². The Balaban J connectivity index is 1.97. The molecule has 8 heteroatoms. The van der Waals surface area contributed by atoms with Crippen molar-refractivity contribution in [2.45, 2.75) is 13.1 Å². The minimum atomic E-state index is -4.60. The van der Waals surface area contributed by atoms with Gasteiger partial charge >= 0.3 is 12.1 Å². The van der Waals surface area contributed by atoms with Crippen molar-refractivity contribution in [3.63, 3.8) is 0 Å². The standard InChI is InChI=1S/C15H12F3NO4/c1-9-6-7-12(23-9)14(21)22-8-13(20)19-11-5-3-2-4-10(11)15(16,17)18/h2-7H,8H2,1H3,(H,19,20). The summed E-state index contributed by atoms with van der Waals surface area (Å²) in [7, 11) is 0. The van der Waals surface area contributed by atoms with Gasteiger partial charge in [-0.15, -0.1) is 0 Å². The monoisotopic (exact) mass is 327 g/mol. The fourth-order valence-electron chi connectivity index (χ4n) is 1.77. The number of hydrogen-bond donors (Lipinski definition) is 1. The minimum absolute atomic E-state index is 0.0917. The van der Waals surface area contributed by atoms with E-state index in [1.807, 2.05) is 0 Å². The van der Waals surface area contributed by atoms with Gasteiger partial charge in [-0.1, -0.05) is 12.1 Å². The molecular formula is C15H12F3NO4. The van der Waals surface area contributed by atoms with E-state index in [0.29, 0.717) is 5.76 Å². The van der Waals surface area contributed by atoms with Crippen LogP contribution in [0.5, 0.6) is 0 Å². The summed E-state index contributed by atoms with van der Waals surface area (Å²) in [4.78, 5) is 23.2. The van der Waals surface area contributed by atoms with Gasteiger partial charge in [0, 0.05) is 0 Å². The summed E-state index contributed by atoms with van der Waals surface area (Å²) in [6.07, 6.45) is -4.60. The summed E-state index contributed by atoms with van der Waals surface area (Å²) >= 11 is 0. The molecule has 1 aromatic heterocycles. The van der Waals surface area contributed by atoms with Crippen molar-refractivity contribution in [1.29, 1.82) is 0 Å². The van der Waals surface area contributed by atoms with E-state index < -0.39 is 35.9 Å². The lowest BCUT2D eigenvalue weighted by atomic mass is 10.1. The van der Waals surface area contributed by atoms with Gasteiger partial charge in [0.25, 0.3) is 5.91 Å². The molecule has 0 atom stereocenters. The van der Waals surface area contributed by atoms with Crippen molar-refractivity contribution in [2.24, 2.45) is 0 Å². The highest BCUT2D eigenvalue weighted by Crippen LogP contribution is 2.34. The molecule has 0 fully saturated rings. The Morgan fingerprint density at radius 2 is 1.87 bits per heavy atom. The van der Waals surface area contributed by atoms with Crippen LogP contribution in [-0.2, 0) is 15.7 Å². The first kappa shape index (κ1) is 16.6. The number of amides is 1. The number of para-hydroxylation sites is 1. The molecule has 1 amide bonds. The van der Waals surface area contributed by atoms with Crippen LogP contribution in [0.15, 0.2) is 40.8 Å². The van der Waals surface area contributed by atoms with Gasteiger partial charge < -0.3 is 14.5 Å². The summed E-state index contributed by atoms with van der Waals surface area (Å²) < 4.78 is 48.0. The van der Waals surface area contributed by atoms with Crippen molar-refractivity contribution in [2.75, 3.05) is 11.9 Å². The molecule has 0 saturated carbocycles. The Morgan fingerprint density at radius 3 is 2.48 bits per heavy atom. The number of carbonyl (C=O) groups is 2. The Kier molecular flexibility index (Phi) is 4.73. The maximum Gasteiger partial charge on any atom is 0.418 e. The van der Waals surface area contributed by atoms with Gasteiger partial charge in [-0.05, 0) is 31.2 Å². The topological polar surface area (TPSA) is 68.5 Å². The molecule has 2 rings (SSSR count). The number of halogens is 3. The SMILES string of the molecule is Cc1ccc(C(=O)OCC(=O)Nc2ccccc2C(F)(F)F)o1. The summed E-state index contributed by atoms with van der Waals surface area (Å²) in [6.45, 7) is 0.891. The fraction of sp³-hybridized carbons (Fsp3) is 0.200. The number of carbonyl (C=O) groups excluding carboxylic acids is 2. The first-order valence-electron chi connectivity index (χ1n) is 6.47. The van der Waals surface area contributed by atoms with E-state index in [1.165, 1.54) is 24.3 Å². The van der Waals surface area contributed by atoms with Crippen LogP contribution in [-0.4, -0.2) is 18.5 Å². The number of benzene rings is 1. The average molecular weight is 327 g/mol. The first-order chi connectivity index (χ1) is 10.8. The molecule has 0 aliphatic rings. The lowest BCUT2D eigenvalue weighted by Gasteiger charge is -2.13. The van der Waals surface area contributed by atoms with Crippen LogP contribution < -0.4 is 5.32 Å². The molecule has 0 radical (unpaired) electrons. The van der Waals surface area contributed by atoms with Gasteiger partial charge in [-0.25, -0.2) is 4.79 Å².